The molecule has 2 nitrogen and oxygen atoms in total. The first-order valence-electron chi connectivity index (χ1n) is 6.90. The Hall–Kier alpha value is -1.51. The van der Waals surface area contributed by atoms with Crippen LogP contribution in [0, 0.1) is 0 Å². The number of nitrogens with one attached hydrogen (secondary N) is 1. The summed E-state index contributed by atoms with van der Waals surface area (Å²) in [6, 6.07) is 16.3. The summed E-state index contributed by atoms with van der Waals surface area (Å²) in [5, 5.41) is 4.09. The maximum Gasteiger partial charge on any atom is 0.119 e. The van der Waals surface area contributed by atoms with Gasteiger partial charge in [0, 0.05) is 5.02 Å². The molecule has 1 N–H and O–H groups in total. The van der Waals surface area contributed by atoms with E-state index in [1.54, 1.807) is 0 Å². The average Bonchev–Trinajstić information content (AvgIpc) is 2.48. The van der Waals surface area contributed by atoms with Crippen LogP contribution in [-0.2, 0) is 0 Å². The molecule has 0 bridgehead atoms. The average molecular weight is 290 g/mol. The minimum Gasteiger partial charge on any atom is -0.494 e. The van der Waals surface area contributed by atoms with E-state index in [1.807, 2.05) is 43.4 Å². The van der Waals surface area contributed by atoms with E-state index in [9.17, 15) is 0 Å². The summed E-state index contributed by atoms with van der Waals surface area (Å²) < 4.78 is 5.70. The Kier molecular flexibility index (Phi) is 5.45. The third-order valence-corrected chi connectivity index (χ3v) is 3.41. The summed E-state index contributed by atoms with van der Waals surface area (Å²) in [7, 11) is 1.96. The van der Waals surface area contributed by atoms with Gasteiger partial charge in [-0.15, -0.1) is 0 Å². The molecule has 0 radical (unpaired) electrons. The first-order chi connectivity index (χ1) is 9.74. The molecule has 0 aromatic heterocycles. The highest BCUT2D eigenvalue weighted by Crippen LogP contribution is 2.26. The van der Waals surface area contributed by atoms with Gasteiger partial charge in [0.15, 0.2) is 0 Å². The van der Waals surface area contributed by atoms with Gasteiger partial charge in [-0.3, -0.25) is 0 Å². The second-order valence-corrected chi connectivity index (χ2v) is 5.13. The first kappa shape index (κ1) is 14.9. The van der Waals surface area contributed by atoms with Gasteiger partial charge in [-0.2, -0.15) is 0 Å². The normalized spacial score (nSPS) is 12.2. The van der Waals surface area contributed by atoms with Crippen LogP contribution in [0.1, 0.15) is 30.5 Å². The molecule has 1 atom stereocenters. The molecule has 0 heterocycles. The molecule has 2 aromatic carbocycles. The highest BCUT2D eigenvalue weighted by molar-refractivity contribution is 6.30. The summed E-state index contributed by atoms with van der Waals surface area (Å²) in [4.78, 5) is 0. The highest BCUT2D eigenvalue weighted by atomic mass is 35.5. The van der Waals surface area contributed by atoms with E-state index in [0.717, 1.165) is 23.8 Å². The number of rotatable bonds is 6. The van der Waals surface area contributed by atoms with Gasteiger partial charge >= 0.3 is 0 Å². The van der Waals surface area contributed by atoms with Crippen molar-refractivity contribution in [1.29, 1.82) is 0 Å². The van der Waals surface area contributed by atoms with Crippen molar-refractivity contribution in [2.24, 2.45) is 0 Å². The molecule has 0 fully saturated rings. The van der Waals surface area contributed by atoms with Crippen LogP contribution in [0.25, 0.3) is 0 Å². The summed E-state index contributed by atoms with van der Waals surface area (Å²) in [5.41, 5.74) is 2.37. The topological polar surface area (TPSA) is 21.3 Å². The van der Waals surface area contributed by atoms with Crippen LogP contribution < -0.4 is 10.1 Å². The minimum atomic E-state index is 0.137. The Morgan fingerprint density at radius 2 is 1.85 bits per heavy atom. The monoisotopic (exact) mass is 289 g/mol. The highest BCUT2D eigenvalue weighted by Gasteiger charge is 2.12. The largest absolute Gasteiger partial charge is 0.494 e. The van der Waals surface area contributed by atoms with Gasteiger partial charge in [-0.05, 0) is 48.9 Å². The first-order valence-corrected chi connectivity index (χ1v) is 7.28. The van der Waals surface area contributed by atoms with Crippen molar-refractivity contribution < 1.29 is 4.74 Å². The lowest BCUT2D eigenvalue weighted by molar-refractivity contribution is 0.317. The second kappa shape index (κ2) is 7.32. The van der Waals surface area contributed by atoms with Crippen LogP contribution >= 0.6 is 11.6 Å². The Morgan fingerprint density at radius 1 is 1.10 bits per heavy atom. The minimum absolute atomic E-state index is 0.137. The molecule has 106 valence electrons. The van der Waals surface area contributed by atoms with Gasteiger partial charge in [0.2, 0.25) is 0 Å². The summed E-state index contributed by atoms with van der Waals surface area (Å²) >= 11 is 5.95. The van der Waals surface area contributed by atoms with Crippen molar-refractivity contribution in [3.05, 3.63) is 64.7 Å². The zero-order valence-electron chi connectivity index (χ0n) is 11.9. The predicted octanol–water partition coefficient (Wildman–Crippen LogP) is 4.44. The molecule has 0 aliphatic carbocycles. The number of halogens is 1. The summed E-state index contributed by atoms with van der Waals surface area (Å²) in [6.07, 6.45) is 1.01. The quantitative estimate of drug-likeness (QED) is 0.849. The SMILES string of the molecule is CCCOc1cccc(C(NC)c2ccc(Cl)cc2)c1. The van der Waals surface area contributed by atoms with Crippen LogP contribution in [0.2, 0.25) is 5.02 Å². The molecule has 1 unspecified atom stereocenters. The molecule has 3 heteroatoms. The second-order valence-electron chi connectivity index (χ2n) is 4.69. The molecule has 0 aliphatic rings. The summed E-state index contributed by atoms with van der Waals surface area (Å²) in [6.45, 7) is 2.85. The molecule has 0 aliphatic heterocycles. The van der Waals surface area contributed by atoms with E-state index in [1.165, 1.54) is 11.1 Å². The zero-order valence-corrected chi connectivity index (χ0v) is 12.7. The van der Waals surface area contributed by atoms with Crippen LogP contribution in [0.5, 0.6) is 5.75 Å². The molecular formula is C17H20ClNO. The Balaban J connectivity index is 2.24. The lowest BCUT2D eigenvalue weighted by atomic mass is 9.99. The molecule has 0 spiro atoms. The van der Waals surface area contributed by atoms with Crippen molar-refractivity contribution in [3.8, 4) is 5.75 Å². The van der Waals surface area contributed by atoms with Gasteiger partial charge in [0.25, 0.3) is 0 Å². The van der Waals surface area contributed by atoms with Crippen molar-refractivity contribution in [1.82, 2.24) is 5.32 Å². The van der Waals surface area contributed by atoms with E-state index >= 15 is 0 Å². The molecule has 0 saturated heterocycles. The van der Waals surface area contributed by atoms with Crippen LogP contribution in [0.3, 0.4) is 0 Å². The fraction of sp³-hybridized carbons (Fsp3) is 0.294. The lowest BCUT2D eigenvalue weighted by Gasteiger charge is -2.18. The van der Waals surface area contributed by atoms with E-state index in [-0.39, 0.29) is 6.04 Å². The van der Waals surface area contributed by atoms with E-state index < -0.39 is 0 Å². The Morgan fingerprint density at radius 3 is 2.50 bits per heavy atom. The van der Waals surface area contributed by atoms with Gasteiger partial charge in [-0.25, -0.2) is 0 Å². The molecule has 2 rings (SSSR count). The lowest BCUT2D eigenvalue weighted by Crippen LogP contribution is -2.17. The third-order valence-electron chi connectivity index (χ3n) is 3.16. The maximum atomic E-state index is 5.95. The number of ether oxygens (including phenoxy) is 1. The number of hydrogen-bond donors (Lipinski definition) is 1. The van der Waals surface area contributed by atoms with E-state index in [0.29, 0.717) is 0 Å². The maximum absolute atomic E-state index is 5.95. The van der Waals surface area contributed by atoms with Crippen molar-refractivity contribution >= 4 is 11.6 Å². The molecular weight excluding hydrogens is 270 g/mol. The van der Waals surface area contributed by atoms with Gasteiger partial charge in [0.05, 0.1) is 12.6 Å². The van der Waals surface area contributed by atoms with Crippen molar-refractivity contribution in [3.63, 3.8) is 0 Å². The Bertz CT molecular complexity index is 539. The number of benzene rings is 2. The Labute approximate surface area is 125 Å². The van der Waals surface area contributed by atoms with Crippen LogP contribution in [-0.4, -0.2) is 13.7 Å². The predicted molar refractivity (Wildman–Crippen MR) is 84.6 cm³/mol. The fourth-order valence-electron chi connectivity index (χ4n) is 2.18. The zero-order chi connectivity index (χ0) is 14.4. The standard InChI is InChI=1S/C17H20ClNO/c1-3-11-20-16-6-4-5-14(12-16)17(19-2)13-7-9-15(18)10-8-13/h4-10,12,17,19H,3,11H2,1-2H3. The molecule has 20 heavy (non-hydrogen) atoms. The molecule has 0 saturated carbocycles. The van der Waals surface area contributed by atoms with Crippen molar-refractivity contribution in [2.75, 3.05) is 13.7 Å². The molecule has 2 aromatic rings. The van der Waals surface area contributed by atoms with Crippen LogP contribution in [0.4, 0.5) is 0 Å². The third kappa shape index (κ3) is 3.75. The van der Waals surface area contributed by atoms with Gasteiger partial charge < -0.3 is 10.1 Å². The summed E-state index contributed by atoms with van der Waals surface area (Å²) in [5.74, 6) is 0.915. The number of hydrogen-bond acceptors (Lipinski definition) is 2. The molecule has 0 amide bonds. The van der Waals surface area contributed by atoms with Crippen molar-refractivity contribution in [2.45, 2.75) is 19.4 Å². The van der Waals surface area contributed by atoms with Gasteiger partial charge in [0.1, 0.15) is 5.75 Å². The van der Waals surface area contributed by atoms with Gasteiger partial charge in [-0.1, -0.05) is 42.8 Å². The smallest absolute Gasteiger partial charge is 0.119 e. The van der Waals surface area contributed by atoms with Crippen LogP contribution in [0.15, 0.2) is 48.5 Å². The fourth-order valence-corrected chi connectivity index (χ4v) is 2.31. The van der Waals surface area contributed by atoms with E-state index in [2.05, 4.69) is 24.4 Å². The van der Waals surface area contributed by atoms with E-state index in [4.69, 9.17) is 16.3 Å².